The van der Waals surface area contributed by atoms with Crippen LogP contribution in [0, 0.1) is 0 Å². The number of aliphatic hydroxyl groups is 2. The van der Waals surface area contributed by atoms with Gasteiger partial charge in [0.15, 0.2) is 0 Å². The molecule has 0 bridgehead atoms. The molecule has 0 radical (unpaired) electrons. The number of benzene rings is 1. The molecule has 8 nitrogen and oxygen atoms in total. The van der Waals surface area contributed by atoms with E-state index in [9.17, 15) is 24.6 Å². The van der Waals surface area contributed by atoms with Gasteiger partial charge in [-0.3, -0.25) is 9.59 Å². The lowest BCUT2D eigenvalue weighted by atomic mass is 10.0. The van der Waals surface area contributed by atoms with Gasteiger partial charge in [0.05, 0.1) is 24.9 Å². The molecule has 0 aliphatic heterocycles. The Morgan fingerprint density at radius 1 is 1.11 bits per heavy atom. The monoisotopic (exact) mass is 490 g/mol. The average Bonchev–Trinajstić information content (AvgIpc) is 2.86. The van der Waals surface area contributed by atoms with Gasteiger partial charge in [0.2, 0.25) is 11.8 Å². The molecule has 5 unspecified atom stereocenters. The van der Waals surface area contributed by atoms with E-state index in [0.29, 0.717) is 19.1 Å². The highest BCUT2D eigenvalue weighted by atomic mass is 16.5. The number of ether oxygens (including phenoxy) is 1. The zero-order chi connectivity index (χ0) is 26.1. The minimum atomic E-state index is -1.16. The summed E-state index contributed by atoms with van der Waals surface area (Å²) in [5.41, 5.74) is 1.04. The molecule has 0 saturated heterocycles. The van der Waals surface area contributed by atoms with Crippen LogP contribution in [0.25, 0.3) is 0 Å². The van der Waals surface area contributed by atoms with Gasteiger partial charge >= 0.3 is 0 Å². The third-order valence-corrected chi connectivity index (χ3v) is 5.76. The summed E-state index contributed by atoms with van der Waals surface area (Å²) in [7, 11) is 0. The molecule has 0 aliphatic carbocycles. The number of hydrogen-bond acceptors (Lipinski definition) is 6. The standard InChI is InChI=1S/C27H42N2O6/c1-4-6-7-8-12-15-26(33)29-24(19-31)25(17-23(32)18-30)35-20(3)27(34)28-22(5-2)16-21-13-10-9-11-14-21/h5,9-11,13-14,19-20,22-25,30,32H,2,4,6-8,12,15-18H2,1,3H3,(H,28,34)(H,29,33). The molecule has 0 spiro atoms. The van der Waals surface area contributed by atoms with Crippen molar-refractivity contribution in [2.75, 3.05) is 6.61 Å². The van der Waals surface area contributed by atoms with E-state index in [4.69, 9.17) is 4.74 Å². The normalized spacial score (nSPS) is 15.3. The Balaban J connectivity index is 2.74. The second kappa shape index (κ2) is 17.8. The zero-order valence-electron chi connectivity index (χ0n) is 21.0. The van der Waals surface area contributed by atoms with E-state index in [1.807, 2.05) is 30.3 Å². The molecule has 0 fully saturated rings. The van der Waals surface area contributed by atoms with Crippen LogP contribution < -0.4 is 10.6 Å². The van der Waals surface area contributed by atoms with Crippen LogP contribution in [0.4, 0.5) is 0 Å². The predicted molar refractivity (Wildman–Crippen MR) is 136 cm³/mol. The largest absolute Gasteiger partial charge is 0.394 e. The fourth-order valence-corrected chi connectivity index (χ4v) is 3.68. The van der Waals surface area contributed by atoms with Crippen molar-refractivity contribution in [3.8, 4) is 0 Å². The number of aldehydes is 1. The molecular formula is C27H42N2O6. The number of carbonyl (C=O) groups excluding carboxylic acids is 3. The van der Waals surface area contributed by atoms with Crippen LogP contribution in [0.1, 0.15) is 64.4 Å². The summed E-state index contributed by atoms with van der Waals surface area (Å²) in [6.45, 7) is 6.90. The van der Waals surface area contributed by atoms with E-state index in [2.05, 4.69) is 24.1 Å². The smallest absolute Gasteiger partial charge is 0.249 e. The Bertz CT molecular complexity index is 757. The molecule has 1 aromatic carbocycles. The van der Waals surface area contributed by atoms with Crippen LogP contribution in [0.15, 0.2) is 43.0 Å². The highest BCUT2D eigenvalue weighted by molar-refractivity contribution is 5.81. The third kappa shape index (κ3) is 12.6. The summed E-state index contributed by atoms with van der Waals surface area (Å²) in [6.07, 6.45) is 4.68. The first-order valence-corrected chi connectivity index (χ1v) is 12.5. The van der Waals surface area contributed by atoms with Crippen LogP contribution in [-0.2, 0) is 25.5 Å². The number of hydrogen-bond donors (Lipinski definition) is 4. The number of unbranched alkanes of at least 4 members (excludes halogenated alkanes) is 4. The van der Waals surface area contributed by atoms with Gasteiger partial charge in [-0.1, -0.05) is 69.0 Å². The minimum Gasteiger partial charge on any atom is -0.394 e. The van der Waals surface area contributed by atoms with Crippen molar-refractivity contribution in [3.05, 3.63) is 48.6 Å². The summed E-state index contributed by atoms with van der Waals surface area (Å²) >= 11 is 0. The topological polar surface area (TPSA) is 125 Å². The summed E-state index contributed by atoms with van der Waals surface area (Å²) in [5, 5.41) is 24.7. The van der Waals surface area contributed by atoms with Crippen molar-refractivity contribution in [2.45, 2.75) is 95.6 Å². The van der Waals surface area contributed by atoms with E-state index < -0.39 is 36.9 Å². The Morgan fingerprint density at radius 2 is 1.80 bits per heavy atom. The van der Waals surface area contributed by atoms with Crippen molar-refractivity contribution >= 4 is 18.1 Å². The molecule has 1 aromatic rings. The number of amides is 2. The van der Waals surface area contributed by atoms with Gasteiger partial charge in [0.1, 0.15) is 18.4 Å². The van der Waals surface area contributed by atoms with E-state index >= 15 is 0 Å². The SMILES string of the molecule is C=CC(Cc1ccccc1)NC(=O)C(C)OC(CC(O)CO)C(C=O)NC(=O)CCCCCCC. The lowest BCUT2D eigenvalue weighted by Crippen LogP contribution is -2.50. The Hall–Kier alpha value is -2.55. The van der Waals surface area contributed by atoms with Gasteiger partial charge in [0, 0.05) is 12.8 Å². The van der Waals surface area contributed by atoms with Crippen LogP contribution in [0.5, 0.6) is 0 Å². The number of aliphatic hydroxyl groups excluding tert-OH is 2. The zero-order valence-corrected chi connectivity index (χ0v) is 21.0. The van der Waals surface area contributed by atoms with Crippen LogP contribution in [0.2, 0.25) is 0 Å². The van der Waals surface area contributed by atoms with Gasteiger partial charge in [-0.15, -0.1) is 6.58 Å². The van der Waals surface area contributed by atoms with Gasteiger partial charge in [-0.05, 0) is 25.3 Å². The molecule has 4 N–H and O–H groups in total. The van der Waals surface area contributed by atoms with Crippen molar-refractivity contribution in [3.63, 3.8) is 0 Å². The van der Waals surface area contributed by atoms with E-state index in [-0.39, 0.29) is 24.8 Å². The van der Waals surface area contributed by atoms with Gasteiger partial charge in [0.25, 0.3) is 0 Å². The van der Waals surface area contributed by atoms with Gasteiger partial charge in [-0.25, -0.2) is 0 Å². The Morgan fingerprint density at radius 3 is 2.40 bits per heavy atom. The summed E-state index contributed by atoms with van der Waals surface area (Å²) in [4.78, 5) is 36.9. The summed E-state index contributed by atoms with van der Waals surface area (Å²) in [6, 6.07) is 8.27. The van der Waals surface area contributed by atoms with Gasteiger partial charge < -0.3 is 30.4 Å². The predicted octanol–water partition coefficient (Wildman–Crippen LogP) is 2.46. The molecule has 0 heterocycles. The maximum atomic E-state index is 12.8. The molecule has 0 aromatic heterocycles. The average molecular weight is 491 g/mol. The first-order valence-electron chi connectivity index (χ1n) is 12.5. The minimum absolute atomic E-state index is 0.122. The molecule has 35 heavy (non-hydrogen) atoms. The fraction of sp³-hybridized carbons (Fsp3) is 0.593. The first-order chi connectivity index (χ1) is 16.8. The second-order valence-electron chi connectivity index (χ2n) is 8.82. The third-order valence-electron chi connectivity index (χ3n) is 5.76. The molecule has 2 amide bonds. The maximum Gasteiger partial charge on any atom is 0.249 e. The second-order valence-corrected chi connectivity index (χ2v) is 8.82. The quantitative estimate of drug-likeness (QED) is 0.134. The first kappa shape index (κ1) is 30.5. The van der Waals surface area contributed by atoms with Gasteiger partial charge in [-0.2, -0.15) is 0 Å². The molecule has 0 aliphatic rings. The maximum absolute atomic E-state index is 12.8. The van der Waals surface area contributed by atoms with Crippen LogP contribution in [-0.4, -0.2) is 65.3 Å². The van der Waals surface area contributed by atoms with Crippen LogP contribution in [0.3, 0.4) is 0 Å². The number of carbonyl (C=O) groups is 3. The van der Waals surface area contributed by atoms with E-state index in [0.717, 1.165) is 31.2 Å². The summed E-state index contributed by atoms with van der Waals surface area (Å²) in [5.74, 6) is -0.710. The molecule has 196 valence electrons. The number of rotatable bonds is 19. The molecule has 8 heteroatoms. The molecule has 5 atom stereocenters. The summed E-state index contributed by atoms with van der Waals surface area (Å²) < 4.78 is 5.83. The highest BCUT2D eigenvalue weighted by Crippen LogP contribution is 2.13. The van der Waals surface area contributed by atoms with Crippen molar-refractivity contribution < 1.29 is 29.3 Å². The lowest BCUT2D eigenvalue weighted by molar-refractivity contribution is -0.142. The van der Waals surface area contributed by atoms with E-state index in [1.165, 1.54) is 6.92 Å². The van der Waals surface area contributed by atoms with E-state index in [1.54, 1.807) is 6.08 Å². The van der Waals surface area contributed by atoms with Crippen molar-refractivity contribution in [1.82, 2.24) is 10.6 Å². The Kier molecular flexibility index (Phi) is 15.5. The molecule has 0 saturated carbocycles. The van der Waals surface area contributed by atoms with Crippen molar-refractivity contribution in [1.29, 1.82) is 0 Å². The molecule has 1 rings (SSSR count). The fourth-order valence-electron chi connectivity index (χ4n) is 3.68. The lowest BCUT2D eigenvalue weighted by Gasteiger charge is -2.29. The highest BCUT2D eigenvalue weighted by Gasteiger charge is 2.30. The number of nitrogens with one attached hydrogen (secondary N) is 2. The van der Waals surface area contributed by atoms with Crippen LogP contribution >= 0.6 is 0 Å². The van der Waals surface area contributed by atoms with Crippen molar-refractivity contribution in [2.24, 2.45) is 0 Å². The Labute approximate surface area is 209 Å². The molecular weight excluding hydrogens is 448 g/mol.